The number of benzene rings is 1. The molecule has 170 valence electrons. The van der Waals surface area contributed by atoms with Crippen LogP contribution in [0, 0.1) is 5.92 Å². The lowest BCUT2D eigenvalue weighted by Crippen LogP contribution is -2.55. The van der Waals surface area contributed by atoms with Gasteiger partial charge in [0.15, 0.2) is 0 Å². The molecule has 0 fully saturated rings. The van der Waals surface area contributed by atoms with Crippen molar-refractivity contribution in [3.05, 3.63) is 52.0 Å². The highest BCUT2D eigenvalue weighted by atomic mass is 32.1. The maximum atomic E-state index is 12.9. The molecule has 1 aliphatic heterocycles. The summed E-state index contributed by atoms with van der Waals surface area (Å²) in [5, 5.41) is 7.77. The number of ether oxygens (including phenoxy) is 1. The van der Waals surface area contributed by atoms with Gasteiger partial charge in [-0.05, 0) is 24.3 Å². The summed E-state index contributed by atoms with van der Waals surface area (Å²) >= 11 is 1.41. The number of hydrogen-bond acceptors (Lipinski definition) is 7. The number of thiazole rings is 1. The van der Waals surface area contributed by atoms with Gasteiger partial charge in [0.2, 0.25) is 11.7 Å². The van der Waals surface area contributed by atoms with E-state index in [0.717, 1.165) is 16.1 Å². The Balaban J connectivity index is 1.62. The molecule has 0 aliphatic carbocycles. The normalized spacial score (nSPS) is 17.3. The predicted molar refractivity (Wildman–Crippen MR) is 118 cm³/mol. The summed E-state index contributed by atoms with van der Waals surface area (Å²) in [4.78, 5) is 55.1. The molecule has 3 rings (SSSR count). The van der Waals surface area contributed by atoms with Gasteiger partial charge in [-0.2, -0.15) is 0 Å². The summed E-state index contributed by atoms with van der Waals surface area (Å²) in [7, 11) is 0. The number of amides is 3. The Morgan fingerprint density at radius 1 is 1.25 bits per heavy atom. The van der Waals surface area contributed by atoms with E-state index in [9.17, 15) is 19.2 Å². The Morgan fingerprint density at radius 3 is 2.72 bits per heavy atom. The predicted octanol–water partition coefficient (Wildman–Crippen LogP) is 1.71. The molecule has 2 heterocycles. The molecule has 0 radical (unpaired) electrons. The lowest BCUT2D eigenvalue weighted by Gasteiger charge is -2.24. The van der Waals surface area contributed by atoms with Gasteiger partial charge in [-0.3, -0.25) is 14.4 Å². The van der Waals surface area contributed by atoms with Crippen molar-refractivity contribution in [1.82, 2.24) is 20.9 Å². The zero-order valence-electron chi connectivity index (χ0n) is 17.9. The minimum Gasteiger partial charge on any atom is -0.445 e. The first-order chi connectivity index (χ1) is 15.3. The summed E-state index contributed by atoms with van der Waals surface area (Å²) in [6.07, 6.45) is -0.0604. The molecule has 10 heteroatoms. The fourth-order valence-electron chi connectivity index (χ4n) is 3.29. The van der Waals surface area contributed by atoms with Crippen LogP contribution in [-0.2, 0) is 38.7 Å². The first kappa shape index (κ1) is 23.4. The SMILES string of the molecule is CC(C)C(NC(=O)OCc1ccccc1)C(=O)NC1CCc2ncsc2CNC(=O)C1=O. The molecule has 0 spiro atoms. The van der Waals surface area contributed by atoms with Crippen molar-refractivity contribution in [3.8, 4) is 0 Å². The summed E-state index contributed by atoms with van der Waals surface area (Å²) in [5.74, 6) is -2.30. The molecule has 2 atom stereocenters. The van der Waals surface area contributed by atoms with Crippen molar-refractivity contribution >= 4 is 35.0 Å². The van der Waals surface area contributed by atoms with Crippen LogP contribution < -0.4 is 16.0 Å². The second kappa shape index (κ2) is 10.9. The van der Waals surface area contributed by atoms with Crippen LogP contribution in [0.1, 0.15) is 36.4 Å². The molecule has 3 amide bonds. The molecule has 0 saturated carbocycles. The number of rotatable bonds is 6. The third kappa shape index (κ3) is 6.13. The monoisotopic (exact) mass is 458 g/mol. The smallest absolute Gasteiger partial charge is 0.408 e. The van der Waals surface area contributed by atoms with E-state index >= 15 is 0 Å². The molecular formula is C22H26N4O5S. The van der Waals surface area contributed by atoms with E-state index in [4.69, 9.17) is 4.74 Å². The quantitative estimate of drug-likeness (QED) is 0.566. The van der Waals surface area contributed by atoms with Crippen LogP contribution >= 0.6 is 11.3 Å². The Bertz CT molecular complexity index is 976. The van der Waals surface area contributed by atoms with Crippen molar-refractivity contribution < 1.29 is 23.9 Å². The highest BCUT2D eigenvalue weighted by Gasteiger charge is 2.32. The Hall–Kier alpha value is -3.27. The van der Waals surface area contributed by atoms with Crippen molar-refractivity contribution in [2.24, 2.45) is 5.92 Å². The highest BCUT2D eigenvalue weighted by Crippen LogP contribution is 2.17. The van der Waals surface area contributed by atoms with Crippen molar-refractivity contribution in [3.63, 3.8) is 0 Å². The number of alkyl carbamates (subject to hydrolysis) is 1. The third-order valence-corrected chi connectivity index (χ3v) is 5.97. The molecular weight excluding hydrogens is 432 g/mol. The maximum absolute atomic E-state index is 12.9. The van der Waals surface area contributed by atoms with Crippen LogP contribution in [0.2, 0.25) is 0 Å². The molecule has 0 bridgehead atoms. The van der Waals surface area contributed by atoms with Crippen LogP contribution in [0.5, 0.6) is 0 Å². The summed E-state index contributed by atoms with van der Waals surface area (Å²) in [6.45, 7) is 3.83. The number of fused-ring (bicyclic) bond motifs is 1. The lowest BCUT2D eigenvalue weighted by atomic mass is 10.0. The molecule has 1 aromatic heterocycles. The zero-order chi connectivity index (χ0) is 23.1. The van der Waals surface area contributed by atoms with Crippen LogP contribution in [-0.4, -0.2) is 40.8 Å². The topological polar surface area (TPSA) is 126 Å². The second-order valence-corrected chi connectivity index (χ2v) is 8.74. The van der Waals surface area contributed by atoms with Crippen molar-refractivity contribution in [2.75, 3.05) is 0 Å². The zero-order valence-corrected chi connectivity index (χ0v) is 18.7. The summed E-state index contributed by atoms with van der Waals surface area (Å²) < 4.78 is 5.20. The number of hydrogen-bond donors (Lipinski definition) is 3. The molecule has 9 nitrogen and oxygen atoms in total. The van der Waals surface area contributed by atoms with Gasteiger partial charge in [-0.1, -0.05) is 44.2 Å². The van der Waals surface area contributed by atoms with E-state index in [-0.39, 0.29) is 25.5 Å². The number of Topliss-reactive ketones (excluding diaryl/α,β-unsaturated/α-hetero) is 1. The van der Waals surface area contributed by atoms with Crippen LogP contribution in [0.15, 0.2) is 35.8 Å². The minimum atomic E-state index is -1.02. The first-order valence-corrected chi connectivity index (χ1v) is 11.2. The van der Waals surface area contributed by atoms with Crippen LogP contribution in [0.4, 0.5) is 4.79 Å². The standard InChI is InChI=1S/C22H26N4O5S/c1-13(2)18(26-22(30)31-11-14-6-4-3-5-7-14)20(28)25-16-9-8-15-17(32-12-24-15)10-23-21(29)19(16)27/h3-7,12-13,16,18H,8-11H2,1-2H3,(H,23,29)(H,25,28)(H,26,30). The maximum Gasteiger partial charge on any atom is 0.408 e. The summed E-state index contributed by atoms with van der Waals surface area (Å²) in [6, 6.07) is 7.22. The number of aryl methyl sites for hydroxylation is 1. The van der Waals surface area contributed by atoms with Gasteiger partial charge in [0.1, 0.15) is 12.6 Å². The van der Waals surface area contributed by atoms with E-state index in [0.29, 0.717) is 6.42 Å². The fraction of sp³-hybridized carbons (Fsp3) is 0.409. The average Bonchev–Trinajstić information content (AvgIpc) is 3.24. The van der Waals surface area contributed by atoms with E-state index in [1.54, 1.807) is 19.4 Å². The van der Waals surface area contributed by atoms with Crippen molar-refractivity contribution in [2.45, 2.75) is 51.9 Å². The second-order valence-electron chi connectivity index (χ2n) is 7.80. The molecule has 1 aliphatic rings. The van der Waals surface area contributed by atoms with Gasteiger partial charge >= 0.3 is 6.09 Å². The lowest BCUT2D eigenvalue weighted by molar-refractivity contribution is -0.140. The molecule has 0 saturated heterocycles. The number of ketones is 1. The fourth-order valence-corrected chi connectivity index (χ4v) is 4.04. The van der Waals surface area contributed by atoms with Gasteiger partial charge in [-0.15, -0.1) is 11.3 Å². The molecule has 2 aromatic rings. The van der Waals surface area contributed by atoms with Gasteiger partial charge in [0, 0.05) is 4.88 Å². The molecule has 3 N–H and O–H groups in total. The van der Waals surface area contributed by atoms with Crippen LogP contribution in [0.25, 0.3) is 0 Å². The number of nitrogens with one attached hydrogen (secondary N) is 3. The molecule has 32 heavy (non-hydrogen) atoms. The van der Waals surface area contributed by atoms with Gasteiger partial charge in [0.05, 0.1) is 23.8 Å². The van der Waals surface area contributed by atoms with Crippen LogP contribution in [0.3, 0.4) is 0 Å². The van der Waals surface area contributed by atoms with Gasteiger partial charge < -0.3 is 20.7 Å². The Kier molecular flexibility index (Phi) is 7.93. The van der Waals surface area contributed by atoms with E-state index in [2.05, 4.69) is 20.9 Å². The first-order valence-electron chi connectivity index (χ1n) is 10.4. The number of carbonyl (C=O) groups excluding carboxylic acids is 4. The number of carbonyl (C=O) groups is 4. The highest BCUT2D eigenvalue weighted by molar-refractivity contribution is 7.09. The van der Waals surface area contributed by atoms with Crippen molar-refractivity contribution in [1.29, 1.82) is 0 Å². The Labute approximate surface area is 189 Å². The van der Waals surface area contributed by atoms with E-state index in [1.165, 1.54) is 11.3 Å². The average molecular weight is 459 g/mol. The number of aromatic nitrogens is 1. The minimum absolute atomic E-state index is 0.0658. The van der Waals surface area contributed by atoms with E-state index in [1.807, 2.05) is 30.3 Å². The van der Waals surface area contributed by atoms with E-state index < -0.39 is 35.8 Å². The largest absolute Gasteiger partial charge is 0.445 e. The Morgan fingerprint density at radius 2 is 2.00 bits per heavy atom. The molecule has 1 aromatic carbocycles. The molecule has 2 unspecified atom stereocenters. The number of nitrogens with zero attached hydrogens (tertiary/aromatic N) is 1. The third-order valence-electron chi connectivity index (χ3n) is 5.10. The summed E-state index contributed by atoms with van der Waals surface area (Å²) in [5.41, 5.74) is 3.30. The van der Waals surface area contributed by atoms with Gasteiger partial charge in [0.25, 0.3) is 5.91 Å². The van der Waals surface area contributed by atoms with Gasteiger partial charge in [-0.25, -0.2) is 9.78 Å².